The van der Waals surface area contributed by atoms with Gasteiger partial charge in [-0.3, -0.25) is 4.79 Å². The van der Waals surface area contributed by atoms with Gasteiger partial charge >= 0.3 is 5.97 Å². The van der Waals surface area contributed by atoms with Crippen LogP contribution in [0.4, 0.5) is 4.39 Å². The second-order valence-corrected chi connectivity index (χ2v) is 9.16. The fourth-order valence-corrected chi connectivity index (χ4v) is 4.30. The Morgan fingerprint density at radius 1 is 0.912 bits per heavy atom. The highest BCUT2D eigenvalue weighted by Gasteiger charge is 2.27. The summed E-state index contributed by atoms with van der Waals surface area (Å²) in [6.07, 6.45) is 10.9. The molecule has 178 valence electrons. The molecular weight excluding hydrogens is 423 g/mol. The molecule has 0 aliphatic heterocycles. The van der Waals surface area contributed by atoms with Gasteiger partial charge in [-0.2, -0.15) is 0 Å². The van der Waals surface area contributed by atoms with Gasteiger partial charge in [-0.15, -0.1) is 0 Å². The number of rotatable bonds is 7. The van der Waals surface area contributed by atoms with Crippen molar-refractivity contribution in [3.05, 3.63) is 65.0 Å². The van der Waals surface area contributed by atoms with Crippen LogP contribution in [0.2, 0.25) is 0 Å². The fraction of sp³-hybridized carbons (Fsp3) is 0.452. The van der Waals surface area contributed by atoms with Crippen molar-refractivity contribution in [1.82, 2.24) is 0 Å². The highest BCUT2D eigenvalue weighted by atomic mass is 19.1. The number of ether oxygens (including phenoxy) is 1. The van der Waals surface area contributed by atoms with E-state index in [4.69, 9.17) is 4.74 Å². The first-order chi connectivity index (χ1) is 16.6. The third kappa shape index (κ3) is 8.07. The predicted octanol–water partition coefficient (Wildman–Crippen LogP) is 7.67. The maximum absolute atomic E-state index is 14.6. The van der Waals surface area contributed by atoms with E-state index in [9.17, 15) is 9.18 Å². The number of carbonyl (C=O) groups excluding carboxylic acids is 1. The van der Waals surface area contributed by atoms with Gasteiger partial charge < -0.3 is 4.74 Å². The van der Waals surface area contributed by atoms with Gasteiger partial charge in [0.1, 0.15) is 11.6 Å². The summed E-state index contributed by atoms with van der Waals surface area (Å²) in [4.78, 5) is 12.6. The molecule has 0 spiro atoms. The molecule has 1 saturated carbocycles. The topological polar surface area (TPSA) is 26.3 Å². The van der Waals surface area contributed by atoms with Crippen molar-refractivity contribution < 1.29 is 13.9 Å². The van der Waals surface area contributed by atoms with Gasteiger partial charge in [0.15, 0.2) is 0 Å². The maximum atomic E-state index is 14.6. The summed E-state index contributed by atoms with van der Waals surface area (Å²) in [5.41, 5.74) is 2.02. The van der Waals surface area contributed by atoms with Crippen LogP contribution < -0.4 is 4.74 Å². The summed E-state index contributed by atoms with van der Waals surface area (Å²) in [6, 6.07) is 12.1. The minimum absolute atomic E-state index is 0.0837. The number of halogens is 1. The molecule has 0 heterocycles. The zero-order chi connectivity index (χ0) is 24.2. The summed E-state index contributed by atoms with van der Waals surface area (Å²) in [5.74, 6) is 12.2. The van der Waals surface area contributed by atoms with Crippen molar-refractivity contribution in [2.45, 2.75) is 78.1 Å². The lowest BCUT2D eigenvalue weighted by molar-refractivity contribution is -0.140. The average molecular weight is 459 g/mol. The monoisotopic (exact) mass is 458 g/mol. The van der Waals surface area contributed by atoms with Crippen LogP contribution >= 0.6 is 0 Å². The van der Waals surface area contributed by atoms with Crippen LogP contribution in [-0.2, 0) is 4.79 Å². The van der Waals surface area contributed by atoms with E-state index in [2.05, 4.69) is 37.5 Å². The molecule has 0 unspecified atom stereocenters. The Balaban J connectivity index is 1.53. The number of hydrogen-bond acceptors (Lipinski definition) is 2. The molecule has 0 radical (unpaired) electrons. The van der Waals surface area contributed by atoms with Crippen molar-refractivity contribution in [1.29, 1.82) is 0 Å². The Morgan fingerprint density at radius 2 is 1.62 bits per heavy atom. The van der Waals surface area contributed by atoms with Gasteiger partial charge in [0.25, 0.3) is 0 Å². The van der Waals surface area contributed by atoms with E-state index >= 15 is 0 Å². The first-order valence-corrected chi connectivity index (χ1v) is 12.7. The molecule has 1 fully saturated rings. The molecule has 0 atom stereocenters. The second kappa shape index (κ2) is 13.6. The van der Waals surface area contributed by atoms with Gasteiger partial charge in [-0.25, -0.2) is 4.39 Å². The molecular formula is C31H35FO2. The molecule has 0 aromatic heterocycles. The van der Waals surface area contributed by atoms with Crippen molar-refractivity contribution >= 4 is 5.97 Å². The molecule has 0 amide bonds. The molecule has 2 aromatic carbocycles. The SMILES string of the molecule is CCCC#Cc1ccc(C#Cc2ccc(OC(=O)[C@H]3CC[C@H](CCCCC)CC3)cc2F)cc1. The van der Waals surface area contributed by atoms with E-state index in [1.165, 1.54) is 31.7 Å². The largest absolute Gasteiger partial charge is 0.426 e. The van der Waals surface area contributed by atoms with Crippen LogP contribution in [-0.4, -0.2) is 5.97 Å². The van der Waals surface area contributed by atoms with Crippen LogP contribution in [0.15, 0.2) is 42.5 Å². The Bertz CT molecular complexity index is 1050. The first-order valence-electron chi connectivity index (χ1n) is 12.7. The summed E-state index contributed by atoms with van der Waals surface area (Å²) in [7, 11) is 0. The highest BCUT2D eigenvalue weighted by Crippen LogP contribution is 2.33. The van der Waals surface area contributed by atoms with Gasteiger partial charge in [0.05, 0.1) is 11.5 Å². The minimum atomic E-state index is -0.487. The molecule has 1 aliphatic rings. The molecule has 3 rings (SSSR count). The van der Waals surface area contributed by atoms with Crippen molar-refractivity contribution in [2.24, 2.45) is 11.8 Å². The van der Waals surface area contributed by atoms with Gasteiger partial charge in [0.2, 0.25) is 0 Å². The summed E-state index contributed by atoms with van der Waals surface area (Å²) in [6.45, 7) is 4.32. The van der Waals surface area contributed by atoms with Crippen molar-refractivity contribution in [3.63, 3.8) is 0 Å². The van der Waals surface area contributed by atoms with Crippen LogP contribution in [0.3, 0.4) is 0 Å². The third-order valence-corrected chi connectivity index (χ3v) is 6.39. The standard InChI is InChI=1S/C31H35FO2/c1-3-5-7-9-24-11-13-26(14-12-24)15-18-27-21-22-29(23-30(27)32)34-31(33)28-19-16-25(17-20-28)10-8-6-4-2/h11-14,21-23,25,28H,3-6,8,10,16-17,19-20H2,1-2H3/t25-,28-. The summed E-state index contributed by atoms with van der Waals surface area (Å²) >= 11 is 0. The molecule has 1 aliphatic carbocycles. The van der Waals surface area contributed by atoms with Crippen molar-refractivity contribution in [2.75, 3.05) is 0 Å². The normalized spacial score (nSPS) is 17.1. The Kier molecular flexibility index (Phi) is 10.2. The summed E-state index contributed by atoms with van der Waals surface area (Å²) in [5, 5.41) is 0. The lowest BCUT2D eigenvalue weighted by Gasteiger charge is -2.27. The lowest BCUT2D eigenvalue weighted by atomic mass is 9.80. The molecule has 2 aromatic rings. The third-order valence-electron chi connectivity index (χ3n) is 6.39. The van der Waals surface area contributed by atoms with E-state index in [1.807, 2.05) is 24.3 Å². The van der Waals surface area contributed by atoms with E-state index in [0.29, 0.717) is 0 Å². The number of carbonyl (C=O) groups is 1. The Hall–Kier alpha value is -3.04. The maximum Gasteiger partial charge on any atom is 0.314 e. The van der Waals surface area contributed by atoms with E-state index in [0.717, 1.165) is 55.6 Å². The van der Waals surface area contributed by atoms with Crippen LogP contribution in [0.25, 0.3) is 0 Å². The number of benzene rings is 2. The van der Waals surface area contributed by atoms with Crippen LogP contribution in [0, 0.1) is 41.3 Å². The lowest BCUT2D eigenvalue weighted by Crippen LogP contribution is -2.25. The molecule has 0 bridgehead atoms. The highest BCUT2D eigenvalue weighted by molar-refractivity contribution is 5.75. The number of unbranched alkanes of at least 4 members (excludes halogenated alkanes) is 3. The number of hydrogen-bond donors (Lipinski definition) is 0. The Labute approximate surface area is 204 Å². The smallest absolute Gasteiger partial charge is 0.314 e. The fourth-order valence-electron chi connectivity index (χ4n) is 4.30. The molecule has 0 N–H and O–H groups in total. The average Bonchev–Trinajstić information content (AvgIpc) is 2.85. The Morgan fingerprint density at radius 3 is 2.26 bits per heavy atom. The molecule has 3 heteroatoms. The first kappa shape index (κ1) is 25.6. The molecule has 2 nitrogen and oxygen atoms in total. The summed E-state index contributed by atoms with van der Waals surface area (Å²) < 4.78 is 20.1. The zero-order valence-corrected chi connectivity index (χ0v) is 20.5. The van der Waals surface area contributed by atoms with E-state index in [1.54, 1.807) is 12.1 Å². The van der Waals surface area contributed by atoms with Gasteiger partial charge in [-0.05, 0) is 74.4 Å². The van der Waals surface area contributed by atoms with Crippen LogP contribution in [0.5, 0.6) is 5.75 Å². The van der Waals surface area contributed by atoms with Crippen molar-refractivity contribution in [3.8, 4) is 29.4 Å². The zero-order valence-electron chi connectivity index (χ0n) is 20.5. The van der Waals surface area contributed by atoms with Gasteiger partial charge in [0, 0.05) is 23.6 Å². The van der Waals surface area contributed by atoms with E-state index in [-0.39, 0.29) is 23.2 Å². The minimum Gasteiger partial charge on any atom is -0.426 e. The predicted molar refractivity (Wildman–Crippen MR) is 136 cm³/mol. The van der Waals surface area contributed by atoms with Crippen LogP contribution in [0.1, 0.15) is 94.7 Å². The molecule has 0 saturated heterocycles. The van der Waals surface area contributed by atoms with E-state index < -0.39 is 5.82 Å². The number of esters is 1. The molecule has 34 heavy (non-hydrogen) atoms. The second-order valence-electron chi connectivity index (χ2n) is 9.16. The quantitative estimate of drug-likeness (QED) is 0.184. The van der Waals surface area contributed by atoms with Gasteiger partial charge in [-0.1, -0.05) is 63.2 Å².